The Balaban J connectivity index is 2.37. The van der Waals surface area contributed by atoms with E-state index in [1.54, 1.807) is 27.0 Å². The van der Waals surface area contributed by atoms with Crippen LogP contribution >= 0.6 is 39.0 Å². The minimum absolute atomic E-state index is 0.0279. The van der Waals surface area contributed by atoms with Crippen LogP contribution in [0.5, 0.6) is 0 Å². The molecule has 0 saturated carbocycles. The Kier molecular flexibility index (Phi) is 6.79. The molecule has 1 amide bonds. The van der Waals surface area contributed by atoms with Gasteiger partial charge in [-0.05, 0) is 55.1 Å². The van der Waals surface area contributed by atoms with Crippen LogP contribution in [0.2, 0.25) is 0 Å². The third-order valence-corrected chi connectivity index (χ3v) is 8.09. The molecule has 0 aromatic carbocycles. The third kappa shape index (κ3) is 5.25. The zero-order valence-electron chi connectivity index (χ0n) is 15.5. The van der Waals surface area contributed by atoms with Gasteiger partial charge in [-0.3, -0.25) is 10.7 Å². The number of nitrogens with zero attached hydrogens (tertiary/aromatic N) is 1. The second-order valence-electron chi connectivity index (χ2n) is 6.51. The van der Waals surface area contributed by atoms with Crippen molar-refractivity contribution in [2.24, 2.45) is 0 Å². The van der Waals surface area contributed by atoms with Crippen molar-refractivity contribution in [3.8, 4) is 0 Å². The van der Waals surface area contributed by atoms with Crippen LogP contribution in [0.3, 0.4) is 0 Å². The molecule has 2 heterocycles. The number of amidine groups is 1. The highest BCUT2D eigenvalue weighted by Gasteiger charge is 2.27. The van der Waals surface area contributed by atoms with Crippen molar-refractivity contribution >= 4 is 66.6 Å². The largest absolute Gasteiger partial charge is 0.444 e. The lowest BCUT2D eigenvalue weighted by molar-refractivity contribution is 0.0563. The summed E-state index contributed by atoms with van der Waals surface area (Å²) in [4.78, 5) is 16.0. The lowest BCUT2D eigenvalue weighted by Crippen LogP contribution is -2.36. The Bertz CT molecular complexity index is 1030. The number of thioether (sulfide) groups is 1. The predicted octanol–water partition coefficient (Wildman–Crippen LogP) is 3.89. The maximum atomic E-state index is 13.0. The zero-order valence-corrected chi connectivity index (χ0v) is 19.5. The first kappa shape index (κ1) is 22.7. The number of nitrogens with one attached hydrogen (secondary N) is 2. The minimum atomic E-state index is -3.89. The molecule has 2 aromatic heterocycles. The van der Waals surface area contributed by atoms with Gasteiger partial charge in [0.05, 0.1) is 23.4 Å². The van der Waals surface area contributed by atoms with E-state index in [1.165, 1.54) is 30.1 Å². The summed E-state index contributed by atoms with van der Waals surface area (Å²) in [5.41, 5.74) is 4.91. The fraction of sp³-hybridized carbons (Fsp3) is 0.312. The molecule has 8 nitrogen and oxygen atoms in total. The van der Waals surface area contributed by atoms with Gasteiger partial charge < -0.3 is 10.5 Å². The molecule has 0 unspecified atom stereocenters. The summed E-state index contributed by atoms with van der Waals surface area (Å²) in [5, 5.41) is 10.4. The molecule has 0 spiro atoms. The standard InChI is InChI=1S/C16H19BrN4O4S3/c1-16(2,3)25-15(22)21-13(19)10-6-11(14(26-4)27-10)28(23,24)8-5-9(17)12(18)20-7-8/h5-7H,1-4H3,(H2,18,20)(H2,19,21,22). The number of hydrogen-bond donors (Lipinski definition) is 3. The molecule has 12 heteroatoms. The van der Waals surface area contributed by atoms with Crippen molar-refractivity contribution < 1.29 is 17.9 Å². The summed E-state index contributed by atoms with van der Waals surface area (Å²) in [6.45, 7) is 5.11. The molecule has 0 aliphatic carbocycles. The number of ether oxygens (including phenoxy) is 1. The van der Waals surface area contributed by atoms with E-state index in [4.69, 9.17) is 15.9 Å². The van der Waals surface area contributed by atoms with E-state index in [1.807, 2.05) is 0 Å². The van der Waals surface area contributed by atoms with Gasteiger partial charge >= 0.3 is 6.09 Å². The van der Waals surface area contributed by atoms with Gasteiger partial charge in [0.25, 0.3) is 0 Å². The molecule has 4 N–H and O–H groups in total. The normalized spacial score (nSPS) is 11.9. The first-order valence-electron chi connectivity index (χ1n) is 7.78. The lowest BCUT2D eigenvalue weighted by Gasteiger charge is -2.19. The molecule has 0 fully saturated rings. The Labute approximate surface area is 179 Å². The molecule has 0 atom stereocenters. The van der Waals surface area contributed by atoms with Crippen molar-refractivity contribution in [1.82, 2.24) is 10.3 Å². The molecular weight excluding hydrogens is 488 g/mol. The molecule has 2 rings (SSSR count). The summed E-state index contributed by atoms with van der Waals surface area (Å²) >= 11 is 5.50. The van der Waals surface area contributed by atoms with Gasteiger partial charge in [0, 0.05) is 6.20 Å². The van der Waals surface area contributed by atoms with Crippen molar-refractivity contribution in [1.29, 1.82) is 5.41 Å². The number of nitrogen functional groups attached to an aromatic ring is 1. The Hall–Kier alpha value is -1.63. The number of pyridine rings is 1. The van der Waals surface area contributed by atoms with E-state index in [0.717, 1.165) is 11.3 Å². The second-order valence-corrected chi connectivity index (χ2v) is 11.4. The van der Waals surface area contributed by atoms with Crippen LogP contribution in [-0.2, 0) is 14.6 Å². The van der Waals surface area contributed by atoms with Crippen LogP contribution in [0.1, 0.15) is 25.6 Å². The monoisotopic (exact) mass is 506 g/mol. The number of aromatic nitrogens is 1. The molecule has 0 saturated heterocycles. The van der Waals surface area contributed by atoms with Gasteiger partial charge in [0.1, 0.15) is 17.3 Å². The molecular formula is C16H19BrN4O4S3. The quantitative estimate of drug-likeness (QED) is 0.325. The molecule has 0 radical (unpaired) electrons. The number of hydrogen-bond acceptors (Lipinski definition) is 9. The molecule has 2 aromatic rings. The first-order valence-corrected chi connectivity index (χ1v) is 12.1. The zero-order chi connectivity index (χ0) is 21.3. The Morgan fingerprint density at radius 3 is 2.57 bits per heavy atom. The highest BCUT2D eigenvalue weighted by atomic mass is 79.9. The smallest absolute Gasteiger partial charge is 0.413 e. The van der Waals surface area contributed by atoms with E-state index in [-0.39, 0.29) is 26.3 Å². The fourth-order valence-electron chi connectivity index (χ4n) is 1.98. The number of halogens is 1. The topological polar surface area (TPSA) is 135 Å². The fourth-order valence-corrected chi connectivity index (χ4v) is 6.35. The third-order valence-electron chi connectivity index (χ3n) is 3.17. The second kappa shape index (κ2) is 8.39. The van der Waals surface area contributed by atoms with Crippen molar-refractivity contribution in [3.63, 3.8) is 0 Å². The lowest BCUT2D eigenvalue weighted by atomic mass is 10.2. The van der Waals surface area contributed by atoms with E-state index in [9.17, 15) is 13.2 Å². The minimum Gasteiger partial charge on any atom is -0.444 e. The molecule has 0 bridgehead atoms. The average molecular weight is 507 g/mol. The molecule has 0 aliphatic heterocycles. The number of rotatable bonds is 4. The van der Waals surface area contributed by atoms with Crippen LogP contribution in [-0.4, -0.2) is 37.2 Å². The van der Waals surface area contributed by atoms with Gasteiger partial charge in [0.15, 0.2) is 0 Å². The average Bonchev–Trinajstić information content (AvgIpc) is 3.00. The summed E-state index contributed by atoms with van der Waals surface area (Å²) < 4.78 is 32.0. The van der Waals surface area contributed by atoms with Crippen molar-refractivity contribution in [2.75, 3.05) is 12.0 Å². The van der Waals surface area contributed by atoms with Gasteiger partial charge in [0.2, 0.25) is 9.84 Å². The van der Waals surface area contributed by atoms with E-state index in [2.05, 4.69) is 26.2 Å². The van der Waals surface area contributed by atoms with Crippen LogP contribution in [0.25, 0.3) is 0 Å². The summed E-state index contributed by atoms with van der Waals surface area (Å²) in [6, 6.07) is 2.74. The number of nitrogens with two attached hydrogens (primary N) is 1. The number of alkyl carbamates (subject to hydrolysis) is 1. The summed E-state index contributed by atoms with van der Waals surface area (Å²) in [5.74, 6) is -0.0639. The van der Waals surface area contributed by atoms with Crippen molar-refractivity contribution in [2.45, 2.75) is 40.4 Å². The van der Waals surface area contributed by atoms with Crippen LogP contribution in [0.4, 0.5) is 10.6 Å². The Morgan fingerprint density at radius 2 is 2.04 bits per heavy atom. The Morgan fingerprint density at radius 1 is 1.39 bits per heavy atom. The number of sulfone groups is 1. The number of thiophene rings is 1. The molecule has 0 aliphatic rings. The van der Waals surface area contributed by atoms with Crippen LogP contribution in [0.15, 0.2) is 36.8 Å². The highest BCUT2D eigenvalue weighted by Crippen LogP contribution is 2.37. The van der Waals surface area contributed by atoms with Crippen LogP contribution in [0, 0.1) is 5.41 Å². The molecule has 28 heavy (non-hydrogen) atoms. The summed E-state index contributed by atoms with van der Waals surface area (Å²) in [7, 11) is -3.89. The number of amides is 1. The maximum absolute atomic E-state index is 13.0. The first-order chi connectivity index (χ1) is 12.8. The number of carbonyl (C=O) groups is 1. The van der Waals surface area contributed by atoms with E-state index in [0.29, 0.717) is 8.68 Å². The highest BCUT2D eigenvalue weighted by molar-refractivity contribution is 9.10. The van der Waals surface area contributed by atoms with E-state index < -0.39 is 21.5 Å². The van der Waals surface area contributed by atoms with Gasteiger partial charge in [-0.15, -0.1) is 23.1 Å². The maximum Gasteiger partial charge on any atom is 0.413 e. The van der Waals surface area contributed by atoms with Gasteiger partial charge in [-0.25, -0.2) is 18.2 Å². The van der Waals surface area contributed by atoms with E-state index >= 15 is 0 Å². The van der Waals surface area contributed by atoms with Crippen LogP contribution < -0.4 is 11.1 Å². The van der Waals surface area contributed by atoms with Crippen molar-refractivity contribution in [3.05, 3.63) is 27.7 Å². The number of carbonyl (C=O) groups excluding carboxylic acids is 1. The van der Waals surface area contributed by atoms with Gasteiger partial charge in [-0.2, -0.15) is 0 Å². The van der Waals surface area contributed by atoms with Gasteiger partial charge in [-0.1, -0.05) is 0 Å². The SMILES string of the molecule is CSc1sc(C(=N)NC(=O)OC(C)(C)C)cc1S(=O)(=O)c1cnc(N)c(Br)c1. The number of anilines is 1. The summed E-state index contributed by atoms with van der Waals surface area (Å²) in [6.07, 6.45) is 2.13. The predicted molar refractivity (Wildman–Crippen MR) is 114 cm³/mol. The molecule has 152 valence electrons.